The third kappa shape index (κ3) is 3.89. The lowest BCUT2D eigenvalue weighted by Crippen LogP contribution is -2.47. The van der Waals surface area contributed by atoms with Crippen molar-refractivity contribution in [2.24, 2.45) is 28.1 Å². The molecule has 0 aliphatic heterocycles. The molecular weight excluding hydrogens is 418 g/mol. The highest BCUT2D eigenvalue weighted by atomic mass is 16.1. The average Bonchev–Trinajstić information content (AvgIpc) is 3.33. The first-order chi connectivity index (χ1) is 16.0. The zero-order valence-corrected chi connectivity index (χ0v) is 22.3. The minimum atomic E-state index is 0.203. The molecule has 1 amide bonds. The Kier molecular flexibility index (Phi) is 5.89. The van der Waals surface area contributed by atoms with Gasteiger partial charge in [0.25, 0.3) is 0 Å². The third-order valence-corrected chi connectivity index (χ3v) is 10.7. The fraction of sp³-hybridized carbons (Fsp3) is 0.733. The van der Waals surface area contributed by atoms with Crippen LogP contribution in [0, 0.1) is 28.1 Å². The molecule has 1 aromatic heterocycles. The van der Waals surface area contributed by atoms with Gasteiger partial charge in [0.05, 0.1) is 11.0 Å². The Morgan fingerprint density at radius 1 is 1.09 bits per heavy atom. The van der Waals surface area contributed by atoms with Crippen LogP contribution in [0.25, 0.3) is 11.0 Å². The van der Waals surface area contributed by atoms with Crippen LogP contribution < -0.4 is 5.32 Å². The second-order valence-electron chi connectivity index (χ2n) is 13.5. The molecule has 3 fully saturated rings. The summed E-state index contributed by atoms with van der Waals surface area (Å²) in [5.74, 6) is 3.44. The van der Waals surface area contributed by atoms with Crippen LogP contribution in [-0.4, -0.2) is 21.5 Å². The molecule has 2 bridgehead atoms. The van der Waals surface area contributed by atoms with Gasteiger partial charge in [-0.15, -0.1) is 0 Å². The number of para-hydroxylation sites is 2. The minimum absolute atomic E-state index is 0.203. The van der Waals surface area contributed by atoms with Crippen molar-refractivity contribution in [3.8, 4) is 0 Å². The zero-order chi connectivity index (χ0) is 24.3. The molecule has 4 heteroatoms. The van der Waals surface area contributed by atoms with Crippen molar-refractivity contribution in [1.29, 1.82) is 0 Å². The lowest BCUT2D eigenvalue weighted by molar-refractivity contribution is -0.123. The average molecular weight is 464 g/mol. The minimum Gasteiger partial charge on any atom is -0.353 e. The summed E-state index contributed by atoms with van der Waals surface area (Å²) < 4.78 is 2.36. The molecule has 3 saturated carbocycles. The Bertz CT molecular complexity index is 1050. The molecule has 1 unspecified atom stereocenters. The smallest absolute Gasteiger partial charge is 0.222 e. The summed E-state index contributed by atoms with van der Waals surface area (Å²) in [5.41, 5.74) is 3.18. The first kappa shape index (κ1) is 23.9. The third-order valence-electron chi connectivity index (χ3n) is 10.7. The van der Waals surface area contributed by atoms with Crippen molar-refractivity contribution in [2.75, 3.05) is 0 Å². The largest absolute Gasteiger partial charge is 0.353 e. The maximum atomic E-state index is 13.2. The predicted molar refractivity (Wildman–Crippen MR) is 140 cm³/mol. The number of imidazole rings is 1. The summed E-state index contributed by atoms with van der Waals surface area (Å²) in [7, 11) is 0. The van der Waals surface area contributed by atoms with Crippen molar-refractivity contribution >= 4 is 16.9 Å². The summed E-state index contributed by atoms with van der Waals surface area (Å²) in [5, 5.41) is 3.47. The monoisotopic (exact) mass is 463 g/mol. The first-order valence-electron chi connectivity index (χ1n) is 13.8. The Labute approximate surface area is 206 Å². The van der Waals surface area contributed by atoms with Crippen LogP contribution in [0.15, 0.2) is 24.3 Å². The van der Waals surface area contributed by atoms with Gasteiger partial charge in [-0.25, -0.2) is 4.98 Å². The van der Waals surface area contributed by atoms with Crippen molar-refractivity contribution in [3.05, 3.63) is 30.1 Å². The summed E-state index contributed by atoms with van der Waals surface area (Å²) >= 11 is 0. The number of amides is 1. The van der Waals surface area contributed by atoms with Gasteiger partial charge >= 0.3 is 0 Å². The lowest BCUT2D eigenvalue weighted by atomic mass is 9.69. The quantitative estimate of drug-likeness (QED) is 0.515. The van der Waals surface area contributed by atoms with E-state index in [2.05, 4.69) is 75.7 Å². The normalized spacial score (nSPS) is 32.9. The molecule has 1 heterocycles. The first-order valence-corrected chi connectivity index (χ1v) is 13.8. The fourth-order valence-electron chi connectivity index (χ4n) is 7.76. The fourth-order valence-corrected chi connectivity index (χ4v) is 7.76. The highest BCUT2D eigenvalue weighted by molar-refractivity contribution is 5.78. The number of hydrogen-bond donors (Lipinski definition) is 1. The molecule has 2 aromatic rings. The molecule has 5 rings (SSSR count). The number of hydrogen-bond acceptors (Lipinski definition) is 2. The molecule has 0 radical (unpaired) electrons. The highest BCUT2D eigenvalue weighted by Crippen LogP contribution is 2.65. The SMILES string of the molecule is CC(C)(C)C1CCC(c2nc3ccccc3n2CCC(=O)N[C@@H]2CC3CC[C@]2(C)C3(C)C)CC1. The van der Waals surface area contributed by atoms with Gasteiger partial charge in [-0.1, -0.05) is 53.7 Å². The number of benzene rings is 1. The summed E-state index contributed by atoms with van der Waals surface area (Å²) in [6.07, 6.45) is 9.18. The molecule has 3 atom stereocenters. The molecule has 34 heavy (non-hydrogen) atoms. The van der Waals surface area contributed by atoms with Gasteiger partial charge in [-0.3, -0.25) is 4.79 Å². The Balaban J connectivity index is 1.29. The molecule has 186 valence electrons. The van der Waals surface area contributed by atoms with E-state index in [0.717, 1.165) is 30.3 Å². The Morgan fingerprint density at radius 3 is 2.41 bits per heavy atom. The van der Waals surface area contributed by atoms with Gasteiger partial charge in [-0.05, 0) is 85.2 Å². The maximum Gasteiger partial charge on any atom is 0.222 e. The molecule has 4 nitrogen and oxygen atoms in total. The van der Waals surface area contributed by atoms with E-state index in [9.17, 15) is 4.79 Å². The van der Waals surface area contributed by atoms with Gasteiger partial charge in [0.2, 0.25) is 5.91 Å². The van der Waals surface area contributed by atoms with Crippen molar-refractivity contribution in [2.45, 2.75) is 111 Å². The summed E-state index contributed by atoms with van der Waals surface area (Å²) in [4.78, 5) is 18.3. The number of nitrogens with one attached hydrogen (secondary N) is 1. The Hall–Kier alpha value is -1.84. The number of aromatic nitrogens is 2. The van der Waals surface area contributed by atoms with Crippen molar-refractivity contribution in [1.82, 2.24) is 14.9 Å². The number of aryl methyl sites for hydroxylation is 1. The highest BCUT2D eigenvalue weighted by Gasteiger charge is 2.61. The van der Waals surface area contributed by atoms with Gasteiger partial charge in [-0.2, -0.15) is 0 Å². The molecule has 1 N–H and O–H groups in total. The van der Waals surface area contributed by atoms with E-state index in [1.54, 1.807) is 0 Å². The van der Waals surface area contributed by atoms with E-state index < -0.39 is 0 Å². The molecule has 3 aliphatic rings. The Morgan fingerprint density at radius 2 is 1.79 bits per heavy atom. The standard InChI is InChI=1S/C30H45N3O/c1-28(2,3)21-13-11-20(12-14-21)27-31-23-9-7-8-10-24(23)33(27)18-16-26(34)32-25-19-22-15-17-30(25,6)29(22,4)5/h7-10,20-22,25H,11-19H2,1-6H3,(H,32,34)/t20?,21?,22?,25-,30+/m1/s1. The van der Waals surface area contributed by atoms with Crippen LogP contribution in [-0.2, 0) is 11.3 Å². The van der Waals surface area contributed by atoms with Gasteiger partial charge in [0.1, 0.15) is 5.82 Å². The number of nitrogens with zero attached hydrogens (tertiary/aromatic N) is 2. The van der Waals surface area contributed by atoms with Gasteiger partial charge < -0.3 is 9.88 Å². The lowest BCUT2D eigenvalue weighted by Gasteiger charge is -2.39. The van der Waals surface area contributed by atoms with E-state index in [0.29, 0.717) is 29.2 Å². The predicted octanol–water partition coefficient (Wildman–Crippen LogP) is 7.08. The number of carbonyl (C=O) groups is 1. The van der Waals surface area contributed by atoms with E-state index >= 15 is 0 Å². The molecule has 1 aromatic carbocycles. The zero-order valence-electron chi connectivity index (χ0n) is 22.3. The number of carbonyl (C=O) groups excluding carboxylic acids is 1. The van der Waals surface area contributed by atoms with Gasteiger partial charge in [0.15, 0.2) is 0 Å². The second-order valence-corrected chi connectivity index (χ2v) is 13.5. The molecule has 3 aliphatic carbocycles. The summed E-state index contributed by atoms with van der Waals surface area (Å²) in [6.45, 7) is 15.1. The van der Waals surface area contributed by atoms with Crippen LogP contribution in [0.3, 0.4) is 0 Å². The van der Waals surface area contributed by atoms with E-state index in [4.69, 9.17) is 4.98 Å². The van der Waals surface area contributed by atoms with E-state index in [-0.39, 0.29) is 11.3 Å². The van der Waals surface area contributed by atoms with Crippen LogP contribution in [0.5, 0.6) is 0 Å². The maximum absolute atomic E-state index is 13.2. The van der Waals surface area contributed by atoms with Gasteiger partial charge in [0, 0.05) is 24.9 Å². The van der Waals surface area contributed by atoms with E-state index in [1.165, 1.54) is 49.9 Å². The molecule has 0 saturated heterocycles. The van der Waals surface area contributed by atoms with Crippen LogP contribution >= 0.6 is 0 Å². The molecular formula is C30H45N3O. The topological polar surface area (TPSA) is 46.9 Å². The van der Waals surface area contributed by atoms with Crippen LogP contribution in [0.4, 0.5) is 0 Å². The van der Waals surface area contributed by atoms with E-state index in [1.807, 2.05) is 0 Å². The number of fused-ring (bicyclic) bond motifs is 3. The summed E-state index contributed by atoms with van der Waals surface area (Å²) in [6, 6.07) is 8.78. The van der Waals surface area contributed by atoms with Crippen LogP contribution in [0.2, 0.25) is 0 Å². The van der Waals surface area contributed by atoms with Crippen molar-refractivity contribution in [3.63, 3.8) is 0 Å². The van der Waals surface area contributed by atoms with Crippen LogP contribution in [0.1, 0.15) is 105 Å². The second kappa shape index (κ2) is 8.38. The molecule has 0 spiro atoms. The van der Waals surface area contributed by atoms with Crippen molar-refractivity contribution < 1.29 is 4.79 Å². The number of rotatable bonds is 5.